The number of para-hydroxylation sites is 1. The first-order valence-corrected chi connectivity index (χ1v) is 5.19. The molecule has 0 radical (unpaired) electrons. The summed E-state index contributed by atoms with van der Waals surface area (Å²) in [6, 6.07) is 6.87. The molecule has 0 saturated heterocycles. The van der Waals surface area contributed by atoms with Gasteiger partial charge in [-0.15, -0.1) is 0 Å². The normalized spacial score (nSPS) is 11.1. The summed E-state index contributed by atoms with van der Waals surface area (Å²) >= 11 is 0. The molecule has 0 bridgehead atoms. The Hall–Kier alpha value is -1.35. The van der Waals surface area contributed by atoms with Crippen molar-refractivity contribution < 1.29 is 8.81 Å². The quantitative estimate of drug-likeness (QED) is 0.780. The van der Waals surface area contributed by atoms with Crippen molar-refractivity contribution in [1.82, 2.24) is 5.32 Å². The van der Waals surface area contributed by atoms with Gasteiger partial charge in [0, 0.05) is 18.4 Å². The zero-order valence-electron chi connectivity index (χ0n) is 8.72. The third-order valence-electron chi connectivity index (χ3n) is 2.35. The van der Waals surface area contributed by atoms with Gasteiger partial charge in [0.1, 0.15) is 5.76 Å². The lowest BCUT2D eigenvalue weighted by atomic mass is 10.2. The van der Waals surface area contributed by atoms with E-state index in [1.807, 2.05) is 12.1 Å². The number of nitrogens with one attached hydrogen (secondary N) is 1. The Morgan fingerprint density at radius 2 is 2.27 bits per heavy atom. The lowest BCUT2D eigenvalue weighted by Gasteiger charge is -1.97. The van der Waals surface area contributed by atoms with Gasteiger partial charge >= 0.3 is 0 Å². The van der Waals surface area contributed by atoms with E-state index >= 15 is 0 Å². The fourth-order valence-corrected chi connectivity index (χ4v) is 1.59. The Labute approximate surface area is 88.1 Å². The van der Waals surface area contributed by atoms with Crippen molar-refractivity contribution in [2.24, 2.45) is 0 Å². The van der Waals surface area contributed by atoms with Gasteiger partial charge in [-0.25, -0.2) is 4.39 Å². The Morgan fingerprint density at radius 1 is 1.40 bits per heavy atom. The largest absolute Gasteiger partial charge is 0.458 e. The predicted molar refractivity (Wildman–Crippen MR) is 58.4 cm³/mol. The summed E-state index contributed by atoms with van der Waals surface area (Å²) in [6.07, 6.45) is 0.794. The van der Waals surface area contributed by atoms with Gasteiger partial charge in [0.2, 0.25) is 0 Å². The first-order chi connectivity index (χ1) is 7.31. The van der Waals surface area contributed by atoms with E-state index in [-0.39, 0.29) is 5.82 Å². The maximum absolute atomic E-state index is 13.3. The minimum absolute atomic E-state index is 0.290. The number of halogens is 1. The molecule has 0 spiro atoms. The topological polar surface area (TPSA) is 25.2 Å². The van der Waals surface area contributed by atoms with Crippen LogP contribution in [0.15, 0.2) is 28.7 Å². The highest BCUT2D eigenvalue weighted by Crippen LogP contribution is 2.21. The summed E-state index contributed by atoms with van der Waals surface area (Å²) in [4.78, 5) is 0. The molecule has 0 aliphatic rings. The Kier molecular flexibility index (Phi) is 3.02. The first-order valence-electron chi connectivity index (χ1n) is 5.19. The molecule has 2 nitrogen and oxygen atoms in total. The predicted octanol–water partition coefficient (Wildman–Crippen LogP) is 2.72. The van der Waals surface area contributed by atoms with Gasteiger partial charge in [-0.2, -0.15) is 0 Å². The van der Waals surface area contributed by atoms with Crippen LogP contribution in [0.5, 0.6) is 0 Å². The van der Waals surface area contributed by atoms with Crippen molar-refractivity contribution in [3.05, 3.63) is 35.8 Å². The highest BCUT2D eigenvalue weighted by molar-refractivity contribution is 5.78. The summed E-state index contributed by atoms with van der Waals surface area (Å²) in [5.74, 6) is 0.540. The van der Waals surface area contributed by atoms with E-state index in [0.717, 1.165) is 30.7 Å². The molecule has 1 heterocycles. The second-order valence-corrected chi connectivity index (χ2v) is 3.47. The maximum Gasteiger partial charge on any atom is 0.169 e. The molecule has 1 aromatic carbocycles. The molecule has 0 aliphatic carbocycles. The fraction of sp³-hybridized carbons (Fsp3) is 0.333. The van der Waals surface area contributed by atoms with E-state index in [4.69, 9.17) is 4.42 Å². The molecule has 0 amide bonds. The molecule has 15 heavy (non-hydrogen) atoms. The Morgan fingerprint density at radius 3 is 3.00 bits per heavy atom. The van der Waals surface area contributed by atoms with Crippen LogP contribution in [0.4, 0.5) is 4.39 Å². The molecule has 0 saturated carbocycles. The van der Waals surface area contributed by atoms with Gasteiger partial charge in [0.05, 0.1) is 0 Å². The van der Waals surface area contributed by atoms with Gasteiger partial charge in [0.25, 0.3) is 0 Å². The minimum Gasteiger partial charge on any atom is -0.458 e. The molecule has 2 rings (SSSR count). The smallest absolute Gasteiger partial charge is 0.169 e. The molecule has 0 unspecified atom stereocenters. The van der Waals surface area contributed by atoms with Crippen molar-refractivity contribution in [3.8, 4) is 0 Å². The van der Waals surface area contributed by atoms with Crippen molar-refractivity contribution in [1.29, 1.82) is 0 Å². The van der Waals surface area contributed by atoms with Crippen LogP contribution in [0.1, 0.15) is 12.7 Å². The lowest BCUT2D eigenvalue weighted by molar-refractivity contribution is 0.511. The number of fused-ring (bicyclic) bond motifs is 1. The van der Waals surface area contributed by atoms with Crippen LogP contribution in [0.2, 0.25) is 0 Å². The summed E-state index contributed by atoms with van der Waals surface area (Å²) in [5.41, 5.74) is 0.365. The van der Waals surface area contributed by atoms with Crippen molar-refractivity contribution >= 4 is 11.0 Å². The second-order valence-electron chi connectivity index (χ2n) is 3.47. The second kappa shape index (κ2) is 4.45. The van der Waals surface area contributed by atoms with Crippen molar-refractivity contribution in [3.63, 3.8) is 0 Å². The number of benzene rings is 1. The number of rotatable bonds is 4. The minimum atomic E-state index is -0.290. The molecule has 3 heteroatoms. The number of furan rings is 1. The number of likely N-dealkylation sites (N-methyl/N-ethyl adjacent to an activating group) is 1. The van der Waals surface area contributed by atoms with Gasteiger partial charge in [0.15, 0.2) is 11.4 Å². The fourth-order valence-electron chi connectivity index (χ4n) is 1.59. The highest BCUT2D eigenvalue weighted by Gasteiger charge is 2.06. The molecule has 0 aliphatic heterocycles. The molecule has 0 fully saturated rings. The van der Waals surface area contributed by atoms with E-state index in [9.17, 15) is 4.39 Å². The van der Waals surface area contributed by atoms with Crippen molar-refractivity contribution in [2.45, 2.75) is 13.3 Å². The van der Waals surface area contributed by atoms with E-state index in [1.54, 1.807) is 6.07 Å². The number of hydrogen-bond donors (Lipinski definition) is 1. The molecule has 1 aromatic heterocycles. The molecule has 1 N–H and O–H groups in total. The van der Waals surface area contributed by atoms with E-state index in [0.29, 0.717) is 5.58 Å². The van der Waals surface area contributed by atoms with Crippen LogP contribution >= 0.6 is 0 Å². The highest BCUT2D eigenvalue weighted by atomic mass is 19.1. The SMILES string of the molecule is CCNCCc1cc2cccc(F)c2o1. The van der Waals surface area contributed by atoms with Crippen LogP contribution in [-0.4, -0.2) is 13.1 Å². The summed E-state index contributed by atoms with van der Waals surface area (Å²) in [7, 11) is 0. The molecule has 2 aromatic rings. The summed E-state index contributed by atoms with van der Waals surface area (Å²) in [6.45, 7) is 3.85. The maximum atomic E-state index is 13.3. The molecular formula is C12H14FNO. The third kappa shape index (κ3) is 2.18. The zero-order chi connectivity index (χ0) is 10.7. The van der Waals surface area contributed by atoms with E-state index in [2.05, 4.69) is 12.2 Å². The Bertz CT molecular complexity index is 450. The average Bonchev–Trinajstić information content (AvgIpc) is 2.63. The average molecular weight is 207 g/mol. The summed E-state index contributed by atoms with van der Waals surface area (Å²) < 4.78 is 18.7. The van der Waals surface area contributed by atoms with Crippen LogP contribution in [-0.2, 0) is 6.42 Å². The standard InChI is InChI=1S/C12H14FNO/c1-2-14-7-6-10-8-9-4-3-5-11(13)12(9)15-10/h3-5,8,14H,2,6-7H2,1H3. The monoisotopic (exact) mass is 207 g/mol. The van der Waals surface area contributed by atoms with Gasteiger partial charge < -0.3 is 9.73 Å². The molecule has 80 valence electrons. The first kappa shape index (κ1) is 10.2. The van der Waals surface area contributed by atoms with Crippen LogP contribution in [0, 0.1) is 5.82 Å². The van der Waals surface area contributed by atoms with Gasteiger partial charge in [-0.3, -0.25) is 0 Å². The van der Waals surface area contributed by atoms with Crippen LogP contribution in [0.3, 0.4) is 0 Å². The molecular weight excluding hydrogens is 193 g/mol. The Balaban J connectivity index is 2.20. The zero-order valence-corrected chi connectivity index (χ0v) is 8.72. The van der Waals surface area contributed by atoms with Crippen LogP contribution in [0.25, 0.3) is 11.0 Å². The molecule has 0 atom stereocenters. The third-order valence-corrected chi connectivity index (χ3v) is 2.35. The van der Waals surface area contributed by atoms with Crippen LogP contribution < -0.4 is 5.32 Å². The summed E-state index contributed by atoms with van der Waals surface area (Å²) in [5, 5.41) is 4.04. The lowest BCUT2D eigenvalue weighted by Crippen LogP contribution is -2.15. The van der Waals surface area contributed by atoms with E-state index in [1.165, 1.54) is 6.07 Å². The van der Waals surface area contributed by atoms with Gasteiger partial charge in [-0.05, 0) is 18.7 Å². The van der Waals surface area contributed by atoms with E-state index < -0.39 is 0 Å². The number of hydrogen-bond acceptors (Lipinski definition) is 2. The van der Waals surface area contributed by atoms with Gasteiger partial charge in [-0.1, -0.05) is 19.1 Å². The van der Waals surface area contributed by atoms with Crippen molar-refractivity contribution in [2.75, 3.05) is 13.1 Å².